The lowest BCUT2D eigenvalue weighted by Crippen LogP contribution is -2.48. The summed E-state index contributed by atoms with van der Waals surface area (Å²) in [5.41, 5.74) is 0. The normalized spacial score (nSPS) is 21.3. The van der Waals surface area contributed by atoms with Crippen LogP contribution in [-0.2, 0) is 14.3 Å². The molecule has 1 N–H and O–H groups in total. The van der Waals surface area contributed by atoms with Gasteiger partial charge in [-0.3, -0.25) is 9.59 Å². The quantitative estimate of drug-likeness (QED) is 0.701. The van der Waals surface area contributed by atoms with Crippen molar-refractivity contribution in [3.8, 4) is 0 Å². The van der Waals surface area contributed by atoms with Gasteiger partial charge in [-0.25, -0.2) is 0 Å². The van der Waals surface area contributed by atoms with Gasteiger partial charge in [0.1, 0.15) is 0 Å². The summed E-state index contributed by atoms with van der Waals surface area (Å²) >= 11 is 0. The summed E-state index contributed by atoms with van der Waals surface area (Å²) in [6, 6.07) is 0.0588. The van der Waals surface area contributed by atoms with E-state index in [1.54, 1.807) is 11.9 Å². The van der Waals surface area contributed by atoms with Gasteiger partial charge in [0.2, 0.25) is 11.8 Å². The molecule has 2 atom stereocenters. The third-order valence-corrected chi connectivity index (χ3v) is 3.92. The first-order chi connectivity index (χ1) is 10.0. The fraction of sp³-hybridized carbons (Fsp3) is 0.867. The SMILES string of the molecule is CCCNC1COCC1C(=O)N(C)CC(=O)N(CC)CC. The Kier molecular flexibility index (Phi) is 7.67. The molecule has 0 radical (unpaired) electrons. The summed E-state index contributed by atoms with van der Waals surface area (Å²) in [6.45, 7) is 9.33. The van der Waals surface area contributed by atoms with Crippen molar-refractivity contribution < 1.29 is 14.3 Å². The summed E-state index contributed by atoms with van der Waals surface area (Å²) in [4.78, 5) is 27.8. The Morgan fingerprint density at radius 2 is 1.86 bits per heavy atom. The number of amides is 2. The summed E-state index contributed by atoms with van der Waals surface area (Å²) < 4.78 is 5.43. The number of nitrogens with zero attached hydrogens (tertiary/aromatic N) is 2. The highest BCUT2D eigenvalue weighted by atomic mass is 16.5. The van der Waals surface area contributed by atoms with Gasteiger partial charge in [-0.15, -0.1) is 0 Å². The van der Waals surface area contributed by atoms with E-state index in [4.69, 9.17) is 4.74 Å². The predicted molar refractivity (Wildman–Crippen MR) is 82.0 cm³/mol. The highest BCUT2D eigenvalue weighted by Gasteiger charge is 2.35. The summed E-state index contributed by atoms with van der Waals surface area (Å²) in [5.74, 6) is -0.208. The molecular formula is C15H29N3O3. The van der Waals surface area contributed by atoms with E-state index in [0.717, 1.165) is 13.0 Å². The number of rotatable bonds is 8. The standard InChI is InChI=1S/C15H29N3O3/c1-5-8-16-13-11-21-10-12(13)15(20)17(4)9-14(19)18(6-2)7-3/h12-13,16H,5-11H2,1-4H3. The highest BCUT2D eigenvalue weighted by molar-refractivity contribution is 5.86. The second-order valence-electron chi connectivity index (χ2n) is 5.46. The van der Waals surface area contributed by atoms with Gasteiger partial charge in [0, 0.05) is 26.2 Å². The summed E-state index contributed by atoms with van der Waals surface area (Å²) in [6.07, 6.45) is 1.02. The van der Waals surface area contributed by atoms with Crippen LogP contribution in [0.25, 0.3) is 0 Å². The number of ether oxygens (including phenoxy) is 1. The average molecular weight is 299 g/mol. The molecule has 6 heteroatoms. The zero-order valence-electron chi connectivity index (χ0n) is 13.7. The Bertz CT molecular complexity index is 345. The number of carbonyl (C=O) groups excluding carboxylic acids is 2. The Morgan fingerprint density at radius 1 is 1.19 bits per heavy atom. The van der Waals surface area contributed by atoms with Crippen molar-refractivity contribution >= 4 is 11.8 Å². The molecule has 2 amide bonds. The van der Waals surface area contributed by atoms with Crippen LogP contribution in [0.1, 0.15) is 27.2 Å². The maximum absolute atomic E-state index is 12.5. The molecule has 0 aromatic heterocycles. The van der Waals surface area contributed by atoms with Crippen molar-refractivity contribution in [2.75, 3.05) is 46.4 Å². The molecule has 1 aliphatic rings. The maximum atomic E-state index is 12.5. The number of hydrogen-bond donors (Lipinski definition) is 1. The molecule has 0 saturated carbocycles. The first-order valence-corrected chi connectivity index (χ1v) is 7.88. The molecule has 1 saturated heterocycles. The van der Waals surface area contributed by atoms with Crippen molar-refractivity contribution in [3.05, 3.63) is 0 Å². The van der Waals surface area contributed by atoms with Crippen LogP contribution in [-0.4, -0.2) is 74.1 Å². The summed E-state index contributed by atoms with van der Waals surface area (Å²) in [5, 5.41) is 3.35. The lowest BCUT2D eigenvalue weighted by Gasteiger charge is -2.26. The molecule has 122 valence electrons. The van der Waals surface area contributed by atoms with Crippen molar-refractivity contribution in [1.82, 2.24) is 15.1 Å². The van der Waals surface area contributed by atoms with E-state index in [-0.39, 0.29) is 30.3 Å². The van der Waals surface area contributed by atoms with E-state index in [1.807, 2.05) is 13.8 Å². The van der Waals surface area contributed by atoms with Crippen LogP contribution in [0, 0.1) is 5.92 Å². The van der Waals surface area contributed by atoms with E-state index in [1.165, 1.54) is 4.90 Å². The van der Waals surface area contributed by atoms with Crippen molar-refractivity contribution in [3.63, 3.8) is 0 Å². The third-order valence-electron chi connectivity index (χ3n) is 3.92. The lowest BCUT2D eigenvalue weighted by molar-refractivity contribution is -0.141. The fourth-order valence-corrected chi connectivity index (χ4v) is 2.57. The molecule has 0 aromatic rings. The average Bonchev–Trinajstić information content (AvgIpc) is 2.93. The number of likely N-dealkylation sites (N-methyl/N-ethyl adjacent to an activating group) is 2. The fourth-order valence-electron chi connectivity index (χ4n) is 2.57. The minimum Gasteiger partial charge on any atom is -0.379 e. The summed E-state index contributed by atoms with van der Waals surface area (Å²) in [7, 11) is 1.69. The minimum atomic E-state index is -0.189. The second kappa shape index (κ2) is 9.00. The Morgan fingerprint density at radius 3 is 2.43 bits per heavy atom. The zero-order chi connectivity index (χ0) is 15.8. The van der Waals surface area contributed by atoms with Crippen LogP contribution in [0.15, 0.2) is 0 Å². The third kappa shape index (κ3) is 4.97. The Balaban J connectivity index is 2.54. The number of nitrogens with one attached hydrogen (secondary N) is 1. The van der Waals surface area contributed by atoms with E-state index >= 15 is 0 Å². The minimum absolute atomic E-state index is 0.00664. The Labute approximate surface area is 127 Å². The monoisotopic (exact) mass is 299 g/mol. The molecule has 21 heavy (non-hydrogen) atoms. The van der Waals surface area contributed by atoms with E-state index in [9.17, 15) is 9.59 Å². The van der Waals surface area contributed by atoms with Gasteiger partial charge in [0.25, 0.3) is 0 Å². The van der Waals surface area contributed by atoms with Gasteiger partial charge in [0.15, 0.2) is 0 Å². The van der Waals surface area contributed by atoms with Crippen LogP contribution in [0.5, 0.6) is 0 Å². The molecule has 0 aliphatic carbocycles. The molecule has 1 rings (SSSR count). The second-order valence-corrected chi connectivity index (χ2v) is 5.46. The van der Waals surface area contributed by atoms with E-state index in [2.05, 4.69) is 12.2 Å². The molecule has 1 aliphatic heterocycles. The molecular weight excluding hydrogens is 270 g/mol. The topological polar surface area (TPSA) is 61.9 Å². The molecule has 2 unspecified atom stereocenters. The van der Waals surface area contributed by atoms with Crippen LogP contribution >= 0.6 is 0 Å². The predicted octanol–water partition coefficient (Wildman–Crippen LogP) is 0.328. The van der Waals surface area contributed by atoms with Gasteiger partial charge in [0.05, 0.1) is 25.7 Å². The lowest BCUT2D eigenvalue weighted by atomic mass is 10.0. The van der Waals surface area contributed by atoms with Crippen molar-refractivity contribution in [2.24, 2.45) is 5.92 Å². The molecule has 1 heterocycles. The van der Waals surface area contributed by atoms with Gasteiger partial charge in [-0.2, -0.15) is 0 Å². The number of carbonyl (C=O) groups is 2. The maximum Gasteiger partial charge on any atom is 0.242 e. The van der Waals surface area contributed by atoms with Crippen LogP contribution in [0.3, 0.4) is 0 Å². The van der Waals surface area contributed by atoms with Crippen LogP contribution < -0.4 is 5.32 Å². The molecule has 0 aromatic carbocycles. The highest BCUT2D eigenvalue weighted by Crippen LogP contribution is 2.16. The van der Waals surface area contributed by atoms with E-state index in [0.29, 0.717) is 26.3 Å². The van der Waals surface area contributed by atoms with E-state index < -0.39 is 0 Å². The molecule has 1 fully saturated rings. The van der Waals surface area contributed by atoms with Gasteiger partial charge in [-0.05, 0) is 26.8 Å². The van der Waals surface area contributed by atoms with Crippen LogP contribution in [0.2, 0.25) is 0 Å². The van der Waals surface area contributed by atoms with Crippen LogP contribution in [0.4, 0.5) is 0 Å². The Hall–Kier alpha value is -1.14. The molecule has 6 nitrogen and oxygen atoms in total. The molecule has 0 spiro atoms. The molecule has 0 bridgehead atoms. The smallest absolute Gasteiger partial charge is 0.242 e. The van der Waals surface area contributed by atoms with Gasteiger partial charge >= 0.3 is 0 Å². The van der Waals surface area contributed by atoms with Gasteiger partial charge < -0.3 is 19.9 Å². The van der Waals surface area contributed by atoms with Gasteiger partial charge in [-0.1, -0.05) is 6.92 Å². The number of hydrogen-bond acceptors (Lipinski definition) is 4. The first-order valence-electron chi connectivity index (χ1n) is 7.88. The van der Waals surface area contributed by atoms with Crippen molar-refractivity contribution in [2.45, 2.75) is 33.2 Å². The largest absolute Gasteiger partial charge is 0.379 e. The zero-order valence-corrected chi connectivity index (χ0v) is 13.7. The van der Waals surface area contributed by atoms with Crippen molar-refractivity contribution in [1.29, 1.82) is 0 Å². The first kappa shape index (κ1) is 17.9.